The molecule has 0 aromatic heterocycles. The summed E-state index contributed by atoms with van der Waals surface area (Å²) in [5.41, 5.74) is 4.06. The minimum atomic E-state index is 0.0364. The number of benzene rings is 1. The average molecular weight is 449 g/mol. The van der Waals surface area contributed by atoms with Gasteiger partial charge in [0.25, 0.3) is 0 Å². The smallest absolute Gasteiger partial charge is 0.226 e. The molecule has 0 spiro atoms. The summed E-state index contributed by atoms with van der Waals surface area (Å²) in [5.74, 6) is 2.45. The highest BCUT2D eigenvalue weighted by atomic mass is 16.2. The van der Waals surface area contributed by atoms with E-state index in [4.69, 9.17) is 0 Å². The Balaban J connectivity index is 1.38. The molecule has 33 heavy (non-hydrogen) atoms. The molecule has 0 unspecified atom stereocenters. The Morgan fingerprint density at radius 3 is 2.55 bits per heavy atom. The van der Waals surface area contributed by atoms with Crippen LogP contribution < -0.4 is 5.32 Å². The van der Waals surface area contributed by atoms with Crippen LogP contribution in [0.1, 0.15) is 84.2 Å². The molecule has 1 N–H and O–H groups in total. The van der Waals surface area contributed by atoms with Crippen molar-refractivity contribution in [2.75, 3.05) is 7.05 Å². The second-order valence-corrected chi connectivity index (χ2v) is 11.9. The largest absolute Gasteiger partial charge is 0.349 e. The van der Waals surface area contributed by atoms with Gasteiger partial charge >= 0.3 is 0 Å². The molecule has 178 valence electrons. The van der Waals surface area contributed by atoms with E-state index >= 15 is 0 Å². The number of amides is 2. The standard InChI is InChI=1S/C29H40N2O2/c1-18-17-21-22-11-12-24(27(33)30-19(2)20-9-7-6-8-10-20)28(22,3)15-13-23(21)29(4)16-14-25(32)31(5)26(18)29/h6-10,19,21-24H,11-17H2,1-5H3,(H,30,33)/t19-,21-,22-,23-,24+,28-,29+/m0/s1. The summed E-state index contributed by atoms with van der Waals surface area (Å²) in [7, 11) is 1.98. The monoisotopic (exact) mass is 448 g/mol. The van der Waals surface area contributed by atoms with Crippen LogP contribution in [-0.2, 0) is 9.59 Å². The van der Waals surface area contributed by atoms with E-state index in [-0.39, 0.29) is 34.6 Å². The minimum absolute atomic E-state index is 0.0364. The zero-order valence-electron chi connectivity index (χ0n) is 21.0. The van der Waals surface area contributed by atoms with E-state index < -0.39 is 0 Å². The highest BCUT2D eigenvalue weighted by Crippen LogP contribution is 2.66. The lowest BCUT2D eigenvalue weighted by Crippen LogP contribution is -2.55. The summed E-state index contributed by atoms with van der Waals surface area (Å²) in [6.45, 7) is 9.18. The zero-order valence-corrected chi connectivity index (χ0v) is 21.0. The van der Waals surface area contributed by atoms with E-state index in [2.05, 4.69) is 45.1 Å². The Bertz CT molecular complexity index is 985. The van der Waals surface area contributed by atoms with Crippen LogP contribution >= 0.6 is 0 Å². The van der Waals surface area contributed by atoms with Gasteiger partial charge in [0.05, 0.1) is 6.04 Å². The van der Waals surface area contributed by atoms with Gasteiger partial charge in [-0.1, -0.05) is 49.8 Å². The molecule has 5 rings (SSSR count). The fraction of sp³-hybridized carbons (Fsp3) is 0.655. The van der Waals surface area contributed by atoms with Crippen molar-refractivity contribution in [1.29, 1.82) is 0 Å². The molecule has 0 bridgehead atoms. The lowest BCUT2D eigenvalue weighted by atomic mass is 9.48. The van der Waals surface area contributed by atoms with Crippen LogP contribution in [0.2, 0.25) is 0 Å². The third-order valence-corrected chi connectivity index (χ3v) is 10.3. The first kappa shape index (κ1) is 22.7. The SMILES string of the molecule is CC1=C2N(C)C(=O)CC[C@]2(C)[C@H]2CC[C@]3(C)[C@@H](C(=O)N[C@@H](C)c4ccccc4)CC[C@H]3[C@@H]2C1. The van der Waals surface area contributed by atoms with Gasteiger partial charge in [0, 0.05) is 30.5 Å². The van der Waals surface area contributed by atoms with Crippen LogP contribution in [-0.4, -0.2) is 23.8 Å². The highest BCUT2D eigenvalue weighted by Gasteiger charge is 2.61. The van der Waals surface area contributed by atoms with Gasteiger partial charge in [-0.3, -0.25) is 9.59 Å². The number of hydrogen-bond donors (Lipinski definition) is 1. The molecule has 1 aliphatic heterocycles. The van der Waals surface area contributed by atoms with E-state index in [0.717, 1.165) is 32.1 Å². The maximum Gasteiger partial charge on any atom is 0.226 e. The number of hydrogen-bond acceptors (Lipinski definition) is 2. The zero-order chi connectivity index (χ0) is 23.5. The van der Waals surface area contributed by atoms with Gasteiger partial charge in [-0.05, 0) is 81.1 Å². The molecule has 4 aliphatic rings. The molecule has 2 saturated carbocycles. The molecular weight excluding hydrogens is 408 g/mol. The first-order chi connectivity index (χ1) is 15.7. The van der Waals surface area contributed by atoms with Crippen LogP contribution in [0.3, 0.4) is 0 Å². The predicted octanol–water partition coefficient (Wildman–Crippen LogP) is 5.86. The van der Waals surface area contributed by atoms with E-state index in [9.17, 15) is 9.59 Å². The molecule has 3 aliphatic carbocycles. The molecule has 7 atom stereocenters. The highest BCUT2D eigenvalue weighted by molar-refractivity contribution is 5.81. The summed E-state index contributed by atoms with van der Waals surface area (Å²) in [4.78, 5) is 28.0. The predicted molar refractivity (Wildman–Crippen MR) is 131 cm³/mol. The van der Waals surface area contributed by atoms with Crippen LogP contribution in [0.5, 0.6) is 0 Å². The Morgan fingerprint density at radius 2 is 1.82 bits per heavy atom. The van der Waals surface area contributed by atoms with Gasteiger partial charge in [0.2, 0.25) is 11.8 Å². The fourth-order valence-electron chi connectivity index (χ4n) is 8.68. The maximum atomic E-state index is 13.5. The quantitative estimate of drug-likeness (QED) is 0.630. The normalized spacial score (nSPS) is 38.9. The lowest BCUT2D eigenvalue weighted by Gasteiger charge is -2.59. The van der Waals surface area contributed by atoms with Gasteiger partial charge in [-0.25, -0.2) is 0 Å². The average Bonchev–Trinajstić information content (AvgIpc) is 3.14. The summed E-state index contributed by atoms with van der Waals surface area (Å²) in [5, 5.41) is 3.35. The molecule has 1 heterocycles. The number of carbonyl (C=O) groups is 2. The van der Waals surface area contributed by atoms with E-state index in [1.807, 2.05) is 30.1 Å². The minimum Gasteiger partial charge on any atom is -0.349 e. The van der Waals surface area contributed by atoms with E-state index in [0.29, 0.717) is 24.2 Å². The number of carbonyl (C=O) groups excluding carboxylic acids is 2. The van der Waals surface area contributed by atoms with Crippen molar-refractivity contribution >= 4 is 11.8 Å². The van der Waals surface area contributed by atoms with Crippen LogP contribution in [0.4, 0.5) is 0 Å². The summed E-state index contributed by atoms with van der Waals surface area (Å²) in [6.07, 6.45) is 7.18. The molecule has 4 nitrogen and oxygen atoms in total. The molecule has 1 aromatic carbocycles. The molecule has 4 heteroatoms. The van der Waals surface area contributed by atoms with Gasteiger partial charge in [0.1, 0.15) is 0 Å². The van der Waals surface area contributed by atoms with Crippen molar-refractivity contribution in [3.05, 3.63) is 47.2 Å². The molecule has 1 saturated heterocycles. The van der Waals surface area contributed by atoms with Gasteiger partial charge < -0.3 is 10.2 Å². The van der Waals surface area contributed by atoms with Gasteiger partial charge in [-0.15, -0.1) is 0 Å². The van der Waals surface area contributed by atoms with Crippen molar-refractivity contribution < 1.29 is 9.59 Å². The Kier molecular flexibility index (Phi) is 5.49. The Hall–Kier alpha value is -2.10. The molecule has 1 aromatic rings. The number of nitrogens with one attached hydrogen (secondary N) is 1. The molecule has 2 amide bonds. The number of nitrogens with zero attached hydrogens (tertiary/aromatic N) is 1. The number of rotatable bonds is 3. The van der Waals surface area contributed by atoms with Gasteiger partial charge in [0.15, 0.2) is 0 Å². The van der Waals surface area contributed by atoms with E-state index in [1.165, 1.54) is 23.3 Å². The van der Waals surface area contributed by atoms with E-state index in [1.54, 1.807) is 0 Å². The Morgan fingerprint density at radius 1 is 1.09 bits per heavy atom. The molecule has 0 radical (unpaired) electrons. The van der Waals surface area contributed by atoms with Gasteiger partial charge in [-0.2, -0.15) is 0 Å². The topological polar surface area (TPSA) is 49.4 Å². The number of piperidine rings is 1. The molecular formula is C29H40N2O2. The maximum absolute atomic E-state index is 13.5. The first-order valence-electron chi connectivity index (χ1n) is 13.0. The number of likely N-dealkylation sites (tertiary alicyclic amines) is 1. The van der Waals surface area contributed by atoms with Crippen LogP contribution in [0, 0.1) is 34.5 Å². The summed E-state index contributed by atoms with van der Waals surface area (Å²) < 4.78 is 0. The van der Waals surface area contributed by atoms with Crippen molar-refractivity contribution in [1.82, 2.24) is 10.2 Å². The number of fused-ring (bicyclic) bond motifs is 5. The Labute approximate surface area is 199 Å². The molecule has 3 fully saturated rings. The summed E-state index contributed by atoms with van der Waals surface area (Å²) in [6, 6.07) is 10.3. The van der Waals surface area contributed by atoms with Crippen molar-refractivity contribution in [3.8, 4) is 0 Å². The fourth-order valence-corrected chi connectivity index (χ4v) is 8.68. The number of allylic oxidation sites excluding steroid dienone is 2. The van der Waals surface area contributed by atoms with Crippen LogP contribution in [0.15, 0.2) is 41.6 Å². The second kappa shape index (κ2) is 7.99. The van der Waals surface area contributed by atoms with Crippen molar-refractivity contribution in [2.24, 2.45) is 34.5 Å². The van der Waals surface area contributed by atoms with Crippen molar-refractivity contribution in [2.45, 2.75) is 78.7 Å². The second-order valence-electron chi connectivity index (χ2n) is 11.9. The lowest BCUT2D eigenvalue weighted by molar-refractivity contribution is -0.139. The van der Waals surface area contributed by atoms with Crippen molar-refractivity contribution in [3.63, 3.8) is 0 Å². The summed E-state index contributed by atoms with van der Waals surface area (Å²) >= 11 is 0. The third kappa shape index (κ3) is 3.39. The third-order valence-electron chi connectivity index (χ3n) is 10.3. The van der Waals surface area contributed by atoms with Crippen LogP contribution in [0.25, 0.3) is 0 Å². The first-order valence-corrected chi connectivity index (χ1v) is 13.0.